The molecule has 6 heteroatoms. The number of aromatic nitrogens is 1. The number of ether oxygens (including phenoxy) is 3. The van der Waals surface area contributed by atoms with E-state index in [1.807, 2.05) is 18.2 Å². The van der Waals surface area contributed by atoms with Gasteiger partial charge in [-0.2, -0.15) is 0 Å². The summed E-state index contributed by atoms with van der Waals surface area (Å²) in [4.78, 5) is 15.6. The van der Waals surface area contributed by atoms with Crippen molar-refractivity contribution in [3.8, 4) is 17.2 Å². The quantitative estimate of drug-likeness (QED) is 0.753. The van der Waals surface area contributed by atoms with E-state index in [1.54, 1.807) is 45.6 Å². The molecule has 0 fully saturated rings. The number of rotatable bonds is 5. The molecule has 1 aromatic heterocycles. The molecule has 0 bridgehead atoms. The highest BCUT2D eigenvalue weighted by atomic mass is 16.5. The van der Waals surface area contributed by atoms with Gasteiger partial charge in [0.15, 0.2) is 0 Å². The second-order valence-corrected chi connectivity index (χ2v) is 5.16. The van der Waals surface area contributed by atoms with E-state index in [4.69, 9.17) is 14.2 Å². The Kier molecular flexibility index (Phi) is 4.29. The van der Waals surface area contributed by atoms with E-state index < -0.39 is 0 Å². The van der Waals surface area contributed by atoms with Crippen LogP contribution < -0.4 is 19.5 Å². The van der Waals surface area contributed by atoms with Crippen molar-refractivity contribution >= 4 is 22.5 Å². The Morgan fingerprint density at radius 1 is 0.917 bits per heavy atom. The van der Waals surface area contributed by atoms with Crippen LogP contribution in [0.1, 0.15) is 10.5 Å². The van der Waals surface area contributed by atoms with Crippen molar-refractivity contribution in [1.82, 2.24) is 4.98 Å². The molecular formula is C18H18N2O4. The van der Waals surface area contributed by atoms with Crippen molar-refractivity contribution < 1.29 is 19.0 Å². The first kappa shape index (κ1) is 15.7. The van der Waals surface area contributed by atoms with Crippen LogP contribution in [0.2, 0.25) is 0 Å². The molecule has 124 valence electrons. The lowest BCUT2D eigenvalue weighted by atomic mass is 10.2. The smallest absolute Gasteiger partial charge is 0.272 e. The third kappa shape index (κ3) is 2.99. The first-order chi connectivity index (χ1) is 11.6. The molecule has 2 N–H and O–H groups in total. The minimum Gasteiger partial charge on any atom is -0.497 e. The number of benzene rings is 2. The Hall–Kier alpha value is -3.15. The van der Waals surface area contributed by atoms with Crippen LogP contribution in [0.4, 0.5) is 5.69 Å². The Balaban J connectivity index is 1.87. The lowest BCUT2D eigenvalue weighted by molar-refractivity contribution is 0.102. The summed E-state index contributed by atoms with van der Waals surface area (Å²) in [5.41, 5.74) is 1.89. The number of carbonyl (C=O) groups is 1. The summed E-state index contributed by atoms with van der Waals surface area (Å²) in [6, 6.07) is 12.6. The number of nitrogens with one attached hydrogen (secondary N) is 2. The van der Waals surface area contributed by atoms with Crippen LogP contribution in [0, 0.1) is 0 Å². The number of hydrogen-bond donors (Lipinski definition) is 2. The van der Waals surface area contributed by atoms with Gasteiger partial charge in [-0.25, -0.2) is 0 Å². The number of H-pyrrole nitrogens is 1. The molecule has 0 saturated carbocycles. The van der Waals surface area contributed by atoms with Crippen LogP contribution in [-0.2, 0) is 0 Å². The van der Waals surface area contributed by atoms with Gasteiger partial charge >= 0.3 is 0 Å². The molecule has 2 aromatic carbocycles. The van der Waals surface area contributed by atoms with Crippen LogP contribution in [-0.4, -0.2) is 32.2 Å². The molecule has 1 amide bonds. The lowest BCUT2D eigenvalue weighted by Gasteiger charge is -2.11. The predicted molar refractivity (Wildman–Crippen MR) is 92.3 cm³/mol. The molecular weight excluding hydrogens is 308 g/mol. The van der Waals surface area contributed by atoms with E-state index in [0.717, 1.165) is 16.7 Å². The normalized spacial score (nSPS) is 10.5. The summed E-state index contributed by atoms with van der Waals surface area (Å²) >= 11 is 0. The number of aromatic amines is 1. The molecule has 0 unspecified atom stereocenters. The molecule has 0 aliphatic carbocycles. The van der Waals surface area contributed by atoms with Crippen LogP contribution in [0.3, 0.4) is 0 Å². The minimum atomic E-state index is -0.256. The largest absolute Gasteiger partial charge is 0.497 e. The molecule has 0 radical (unpaired) electrons. The molecule has 0 aliphatic rings. The zero-order chi connectivity index (χ0) is 17.1. The maximum atomic E-state index is 12.5. The maximum absolute atomic E-state index is 12.5. The number of methoxy groups -OCH3 is 3. The SMILES string of the molecule is COc1ccc(NC(=O)c2cc3cc(OC)ccc3[nH]2)c(OC)c1. The molecule has 24 heavy (non-hydrogen) atoms. The van der Waals surface area contributed by atoms with Crippen molar-refractivity contribution in [1.29, 1.82) is 0 Å². The van der Waals surface area contributed by atoms with Crippen LogP contribution in [0.5, 0.6) is 17.2 Å². The van der Waals surface area contributed by atoms with Gasteiger partial charge in [0.25, 0.3) is 5.91 Å². The van der Waals surface area contributed by atoms with Crippen molar-refractivity contribution in [2.24, 2.45) is 0 Å². The van der Waals surface area contributed by atoms with Gasteiger partial charge in [-0.3, -0.25) is 4.79 Å². The number of carbonyl (C=O) groups excluding carboxylic acids is 1. The molecule has 0 saturated heterocycles. The summed E-state index contributed by atoms with van der Waals surface area (Å²) in [7, 11) is 4.73. The molecule has 0 atom stereocenters. The maximum Gasteiger partial charge on any atom is 0.272 e. The highest BCUT2D eigenvalue weighted by Gasteiger charge is 2.13. The monoisotopic (exact) mass is 326 g/mol. The molecule has 0 spiro atoms. The van der Waals surface area contributed by atoms with Gasteiger partial charge in [0.1, 0.15) is 22.9 Å². The third-order valence-electron chi connectivity index (χ3n) is 3.73. The number of amides is 1. The number of fused-ring (bicyclic) bond motifs is 1. The zero-order valence-corrected chi connectivity index (χ0v) is 13.7. The summed E-state index contributed by atoms with van der Waals surface area (Å²) < 4.78 is 15.6. The predicted octanol–water partition coefficient (Wildman–Crippen LogP) is 3.45. The van der Waals surface area contributed by atoms with Gasteiger partial charge in [0, 0.05) is 17.0 Å². The Morgan fingerprint density at radius 2 is 1.62 bits per heavy atom. The number of hydrogen-bond acceptors (Lipinski definition) is 4. The first-order valence-corrected chi connectivity index (χ1v) is 7.34. The van der Waals surface area contributed by atoms with E-state index in [2.05, 4.69) is 10.3 Å². The van der Waals surface area contributed by atoms with Gasteiger partial charge in [-0.05, 0) is 36.4 Å². The van der Waals surface area contributed by atoms with Crippen molar-refractivity contribution in [2.75, 3.05) is 26.6 Å². The standard InChI is InChI=1S/C18H18N2O4/c1-22-12-4-6-14-11(8-12)9-16(19-14)18(21)20-15-7-5-13(23-2)10-17(15)24-3/h4-10,19H,1-3H3,(H,20,21). The third-order valence-corrected chi connectivity index (χ3v) is 3.73. The van der Waals surface area contributed by atoms with Crippen molar-refractivity contribution in [3.05, 3.63) is 48.2 Å². The van der Waals surface area contributed by atoms with Gasteiger partial charge in [0.05, 0.1) is 27.0 Å². The van der Waals surface area contributed by atoms with Gasteiger partial charge in [-0.15, -0.1) is 0 Å². The molecule has 1 heterocycles. The van der Waals surface area contributed by atoms with Gasteiger partial charge in [0.2, 0.25) is 0 Å². The van der Waals surface area contributed by atoms with Crippen LogP contribution >= 0.6 is 0 Å². The highest BCUT2D eigenvalue weighted by Crippen LogP contribution is 2.29. The molecule has 3 aromatic rings. The fourth-order valence-electron chi connectivity index (χ4n) is 2.45. The summed E-state index contributed by atoms with van der Waals surface area (Å²) in [6.45, 7) is 0. The average molecular weight is 326 g/mol. The first-order valence-electron chi connectivity index (χ1n) is 7.34. The second-order valence-electron chi connectivity index (χ2n) is 5.16. The summed E-state index contributed by atoms with van der Waals surface area (Å²) in [6.07, 6.45) is 0. The summed E-state index contributed by atoms with van der Waals surface area (Å²) in [5, 5.41) is 3.74. The number of anilines is 1. The fourth-order valence-corrected chi connectivity index (χ4v) is 2.45. The highest BCUT2D eigenvalue weighted by molar-refractivity contribution is 6.06. The Labute approximate surface area is 139 Å². The van der Waals surface area contributed by atoms with E-state index in [-0.39, 0.29) is 5.91 Å². The van der Waals surface area contributed by atoms with Gasteiger partial charge in [-0.1, -0.05) is 0 Å². The fraction of sp³-hybridized carbons (Fsp3) is 0.167. The molecule has 6 nitrogen and oxygen atoms in total. The molecule has 0 aliphatic heterocycles. The van der Waals surface area contributed by atoms with Crippen molar-refractivity contribution in [3.63, 3.8) is 0 Å². The topological polar surface area (TPSA) is 72.6 Å². The van der Waals surface area contributed by atoms with Crippen LogP contribution in [0.15, 0.2) is 42.5 Å². The van der Waals surface area contributed by atoms with Gasteiger partial charge < -0.3 is 24.5 Å². The van der Waals surface area contributed by atoms with E-state index in [1.165, 1.54) is 0 Å². The van der Waals surface area contributed by atoms with Crippen molar-refractivity contribution in [2.45, 2.75) is 0 Å². The summed E-state index contributed by atoms with van der Waals surface area (Å²) in [5.74, 6) is 1.67. The minimum absolute atomic E-state index is 0.256. The van der Waals surface area contributed by atoms with E-state index >= 15 is 0 Å². The Morgan fingerprint density at radius 3 is 2.33 bits per heavy atom. The van der Waals surface area contributed by atoms with Crippen LogP contribution in [0.25, 0.3) is 10.9 Å². The van der Waals surface area contributed by atoms with E-state index in [9.17, 15) is 4.79 Å². The van der Waals surface area contributed by atoms with E-state index in [0.29, 0.717) is 22.9 Å². The zero-order valence-electron chi connectivity index (χ0n) is 13.7. The second kappa shape index (κ2) is 6.54. The molecule has 3 rings (SSSR count). The average Bonchev–Trinajstić information content (AvgIpc) is 3.05. The Bertz CT molecular complexity index is 886. The lowest BCUT2D eigenvalue weighted by Crippen LogP contribution is -2.13.